The molecule has 6 heteroatoms. The lowest BCUT2D eigenvalue weighted by atomic mass is 9.83. The minimum atomic E-state index is -0.976. The minimum Gasteiger partial charge on any atom is -0.373 e. The lowest BCUT2D eigenvalue weighted by Crippen LogP contribution is -2.50. The van der Waals surface area contributed by atoms with Gasteiger partial charge in [0.1, 0.15) is 11.8 Å². The first-order chi connectivity index (χ1) is 13.0. The molecule has 0 saturated carbocycles. The predicted molar refractivity (Wildman–Crippen MR) is 107 cm³/mol. The standard InChI is InChI=1S/C21H24Cl2N2O2/c22-18-5-1-15(2-6-18)14-25-11-9-17(10-12-25)21(26)13-20(27-24-21)16-3-7-19(23)8-4-16/h1-8,17,20,24,26H,9-14H2. The highest BCUT2D eigenvalue weighted by Crippen LogP contribution is 2.40. The van der Waals surface area contributed by atoms with Crippen molar-refractivity contribution in [2.24, 2.45) is 5.92 Å². The van der Waals surface area contributed by atoms with Gasteiger partial charge < -0.3 is 5.11 Å². The zero-order valence-electron chi connectivity index (χ0n) is 15.1. The average molecular weight is 407 g/mol. The lowest BCUT2D eigenvalue weighted by molar-refractivity contribution is -0.112. The lowest BCUT2D eigenvalue weighted by Gasteiger charge is -2.38. The number of rotatable bonds is 4. The number of halogens is 2. The summed E-state index contributed by atoms with van der Waals surface area (Å²) in [6.45, 7) is 2.84. The number of hydroxylamine groups is 1. The van der Waals surface area contributed by atoms with E-state index in [1.54, 1.807) is 0 Å². The van der Waals surface area contributed by atoms with E-state index in [0.29, 0.717) is 11.4 Å². The average Bonchev–Trinajstić information content (AvgIpc) is 3.08. The number of aliphatic hydroxyl groups is 1. The molecule has 2 heterocycles. The summed E-state index contributed by atoms with van der Waals surface area (Å²) in [6.07, 6.45) is 2.28. The summed E-state index contributed by atoms with van der Waals surface area (Å²) in [4.78, 5) is 8.14. The third-order valence-corrected chi connectivity index (χ3v) is 6.20. The van der Waals surface area contributed by atoms with Crippen molar-refractivity contribution in [3.05, 3.63) is 69.7 Å². The van der Waals surface area contributed by atoms with Crippen LogP contribution in [-0.2, 0) is 11.4 Å². The maximum absolute atomic E-state index is 11.1. The van der Waals surface area contributed by atoms with Crippen molar-refractivity contribution >= 4 is 23.2 Å². The summed E-state index contributed by atoms with van der Waals surface area (Å²) < 4.78 is 0. The Morgan fingerprint density at radius 1 is 1.00 bits per heavy atom. The topological polar surface area (TPSA) is 44.7 Å². The fraction of sp³-hybridized carbons (Fsp3) is 0.429. The van der Waals surface area contributed by atoms with E-state index in [1.165, 1.54) is 5.56 Å². The number of nitrogens with zero attached hydrogens (tertiary/aromatic N) is 1. The van der Waals surface area contributed by atoms with Crippen LogP contribution in [0.1, 0.15) is 36.5 Å². The van der Waals surface area contributed by atoms with E-state index in [2.05, 4.69) is 22.5 Å². The molecule has 144 valence electrons. The van der Waals surface area contributed by atoms with Gasteiger partial charge in [0.15, 0.2) is 0 Å². The zero-order chi connectivity index (χ0) is 18.9. The number of piperidine rings is 1. The normalized spacial score (nSPS) is 27.1. The Kier molecular flexibility index (Phi) is 5.74. The van der Waals surface area contributed by atoms with Gasteiger partial charge in [-0.05, 0) is 61.3 Å². The monoisotopic (exact) mass is 406 g/mol. The zero-order valence-corrected chi connectivity index (χ0v) is 16.6. The molecule has 0 aromatic heterocycles. The maximum atomic E-state index is 11.1. The Morgan fingerprint density at radius 2 is 1.59 bits per heavy atom. The predicted octanol–water partition coefficient (Wildman–Crippen LogP) is 4.56. The molecule has 2 aromatic carbocycles. The highest BCUT2D eigenvalue weighted by Gasteiger charge is 2.46. The minimum absolute atomic E-state index is 0.153. The van der Waals surface area contributed by atoms with Crippen molar-refractivity contribution in [2.75, 3.05) is 13.1 Å². The summed E-state index contributed by atoms with van der Waals surface area (Å²) in [5.74, 6) is 0.177. The second-order valence-electron chi connectivity index (χ2n) is 7.57. The first-order valence-electron chi connectivity index (χ1n) is 9.39. The molecular weight excluding hydrogens is 383 g/mol. The van der Waals surface area contributed by atoms with Crippen LogP contribution in [0.25, 0.3) is 0 Å². The van der Waals surface area contributed by atoms with Crippen LogP contribution < -0.4 is 5.48 Å². The number of benzene rings is 2. The van der Waals surface area contributed by atoms with E-state index in [-0.39, 0.29) is 12.0 Å². The molecule has 4 nitrogen and oxygen atoms in total. The summed E-state index contributed by atoms with van der Waals surface area (Å²) in [5, 5.41) is 12.6. The van der Waals surface area contributed by atoms with Crippen molar-refractivity contribution in [1.82, 2.24) is 10.4 Å². The van der Waals surface area contributed by atoms with Crippen molar-refractivity contribution in [3.63, 3.8) is 0 Å². The molecule has 27 heavy (non-hydrogen) atoms. The largest absolute Gasteiger partial charge is 0.373 e. The SMILES string of the molecule is OC1(C2CCN(Cc3ccc(Cl)cc3)CC2)CC(c2ccc(Cl)cc2)ON1. The van der Waals surface area contributed by atoms with E-state index in [4.69, 9.17) is 28.0 Å². The molecule has 0 radical (unpaired) electrons. The van der Waals surface area contributed by atoms with Gasteiger partial charge in [0.05, 0.1) is 0 Å². The van der Waals surface area contributed by atoms with Crippen molar-refractivity contribution in [2.45, 2.75) is 37.6 Å². The molecule has 2 N–H and O–H groups in total. The van der Waals surface area contributed by atoms with E-state index < -0.39 is 5.72 Å². The molecule has 2 fully saturated rings. The molecule has 2 aliphatic rings. The molecular formula is C21H24Cl2N2O2. The highest BCUT2D eigenvalue weighted by molar-refractivity contribution is 6.30. The molecule has 2 aromatic rings. The van der Waals surface area contributed by atoms with Gasteiger partial charge >= 0.3 is 0 Å². The Bertz CT molecular complexity index is 761. The third kappa shape index (κ3) is 4.48. The van der Waals surface area contributed by atoms with Crippen LogP contribution in [0.4, 0.5) is 0 Å². The molecule has 0 spiro atoms. The summed E-state index contributed by atoms with van der Waals surface area (Å²) in [5.41, 5.74) is 4.25. The first kappa shape index (κ1) is 19.2. The molecule has 2 saturated heterocycles. The first-order valence-corrected chi connectivity index (χ1v) is 10.1. The van der Waals surface area contributed by atoms with E-state index in [9.17, 15) is 5.11 Å². The van der Waals surface area contributed by atoms with Crippen molar-refractivity contribution < 1.29 is 9.94 Å². The van der Waals surface area contributed by atoms with Crippen LogP contribution >= 0.6 is 23.2 Å². The Morgan fingerprint density at radius 3 is 2.22 bits per heavy atom. The second-order valence-corrected chi connectivity index (χ2v) is 8.44. The van der Waals surface area contributed by atoms with Crippen LogP contribution in [0.15, 0.2) is 48.5 Å². The fourth-order valence-corrected chi connectivity index (χ4v) is 4.32. The molecule has 0 aliphatic carbocycles. The summed E-state index contributed by atoms with van der Waals surface area (Å²) in [7, 11) is 0. The third-order valence-electron chi connectivity index (χ3n) is 5.70. The number of hydrogen-bond acceptors (Lipinski definition) is 4. The summed E-state index contributed by atoms with van der Waals surface area (Å²) in [6, 6.07) is 15.6. The molecule has 2 atom stereocenters. The van der Waals surface area contributed by atoms with Gasteiger partial charge in [-0.2, -0.15) is 5.48 Å². The Balaban J connectivity index is 1.32. The molecule has 0 bridgehead atoms. The molecule has 0 amide bonds. The van der Waals surface area contributed by atoms with E-state index in [0.717, 1.165) is 43.1 Å². The molecule has 2 unspecified atom stereocenters. The van der Waals surface area contributed by atoms with Gasteiger partial charge in [0.2, 0.25) is 0 Å². The Labute approximate surface area is 170 Å². The molecule has 2 aliphatic heterocycles. The van der Waals surface area contributed by atoms with Crippen molar-refractivity contribution in [3.8, 4) is 0 Å². The van der Waals surface area contributed by atoms with Crippen LogP contribution in [0.5, 0.6) is 0 Å². The van der Waals surface area contributed by atoms with Gasteiger partial charge in [-0.15, -0.1) is 0 Å². The van der Waals surface area contributed by atoms with E-state index >= 15 is 0 Å². The van der Waals surface area contributed by atoms with E-state index in [1.807, 2.05) is 36.4 Å². The van der Waals surface area contributed by atoms with Gasteiger partial charge in [0.25, 0.3) is 0 Å². The van der Waals surface area contributed by atoms with Crippen molar-refractivity contribution in [1.29, 1.82) is 0 Å². The quantitative estimate of drug-likeness (QED) is 0.780. The van der Waals surface area contributed by atoms with Crippen LogP contribution in [0.3, 0.4) is 0 Å². The maximum Gasteiger partial charge on any atom is 0.143 e. The number of hydrogen-bond donors (Lipinski definition) is 2. The second kappa shape index (κ2) is 8.08. The fourth-order valence-electron chi connectivity index (χ4n) is 4.07. The van der Waals surface area contributed by atoms with Gasteiger partial charge in [-0.25, -0.2) is 0 Å². The van der Waals surface area contributed by atoms with Crippen LogP contribution in [0, 0.1) is 5.92 Å². The van der Waals surface area contributed by atoms with Crippen LogP contribution in [-0.4, -0.2) is 28.8 Å². The number of nitrogens with one attached hydrogen (secondary N) is 1. The molecule has 4 rings (SSSR count). The summed E-state index contributed by atoms with van der Waals surface area (Å²) >= 11 is 11.9. The number of likely N-dealkylation sites (tertiary alicyclic amines) is 1. The van der Waals surface area contributed by atoms with Gasteiger partial charge in [-0.1, -0.05) is 47.5 Å². The van der Waals surface area contributed by atoms with Crippen LogP contribution in [0.2, 0.25) is 10.0 Å². The smallest absolute Gasteiger partial charge is 0.143 e. The van der Waals surface area contributed by atoms with Gasteiger partial charge in [0, 0.05) is 28.9 Å². The Hall–Kier alpha value is -1.14. The highest BCUT2D eigenvalue weighted by atomic mass is 35.5. The van der Waals surface area contributed by atoms with Gasteiger partial charge in [-0.3, -0.25) is 9.74 Å².